The van der Waals surface area contributed by atoms with Crippen LogP contribution in [0, 0.1) is 5.82 Å². The zero-order valence-corrected chi connectivity index (χ0v) is 10.6. The molecule has 0 saturated carbocycles. The van der Waals surface area contributed by atoms with Crippen molar-refractivity contribution in [3.05, 3.63) is 47.8 Å². The summed E-state index contributed by atoms with van der Waals surface area (Å²) in [5.74, 6) is 0.749. The fourth-order valence-electron chi connectivity index (χ4n) is 1.80. The molecule has 0 radical (unpaired) electrons. The zero-order valence-electron chi connectivity index (χ0n) is 10.6. The first-order chi connectivity index (χ1) is 8.66. The summed E-state index contributed by atoms with van der Waals surface area (Å²) in [6.45, 7) is 2.87. The van der Waals surface area contributed by atoms with Crippen LogP contribution in [-0.2, 0) is 13.5 Å². The number of hydrogen-bond acceptors (Lipinski definition) is 3. The molecular formula is C13H17FN4. The van der Waals surface area contributed by atoms with Gasteiger partial charge in [0.15, 0.2) is 0 Å². The van der Waals surface area contributed by atoms with Gasteiger partial charge < -0.3 is 9.88 Å². The minimum atomic E-state index is -0.204. The number of benzene rings is 1. The molecule has 1 N–H and O–H groups in total. The van der Waals surface area contributed by atoms with E-state index in [9.17, 15) is 4.39 Å². The molecule has 2 rings (SSSR count). The first-order valence-corrected chi connectivity index (χ1v) is 5.98. The Hall–Kier alpha value is -1.75. The molecule has 4 nitrogen and oxygen atoms in total. The number of nitrogens with zero attached hydrogens (tertiary/aromatic N) is 3. The monoisotopic (exact) mass is 248 g/mol. The highest BCUT2D eigenvalue weighted by molar-refractivity contribution is 5.19. The Kier molecular flexibility index (Phi) is 4.04. The maximum Gasteiger partial charge on any atom is 0.133 e. The van der Waals surface area contributed by atoms with Crippen LogP contribution in [0.5, 0.6) is 0 Å². The van der Waals surface area contributed by atoms with E-state index in [1.165, 1.54) is 12.1 Å². The van der Waals surface area contributed by atoms with Crippen molar-refractivity contribution in [2.45, 2.75) is 19.4 Å². The van der Waals surface area contributed by atoms with Crippen molar-refractivity contribution in [3.8, 4) is 0 Å². The highest BCUT2D eigenvalue weighted by atomic mass is 19.1. The summed E-state index contributed by atoms with van der Waals surface area (Å²) in [6, 6.07) is 6.76. The molecule has 1 aromatic carbocycles. The van der Waals surface area contributed by atoms with E-state index in [4.69, 9.17) is 0 Å². The average molecular weight is 248 g/mol. The summed E-state index contributed by atoms with van der Waals surface area (Å²) in [5, 5.41) is 11.2. The molecule has 0 aliphatic carbocycles. The number of hydrogen-bond donors (Lipinski definition) is 1. The number of halogens is 1. The van der Waals surface area contributed by atoms with Gasteiger partial charge in [-0.25, -0.2) is 4.39 Å². The molecule has 0 bridgehead atoms. The topological polar surface area (TPSA) is 42.7 Å². The summed E-state index contributed by atoms with van der Waals surface area (Å²) in [7, 11) is 1.93. The molecule has 1 atom stereocenters. The van der Waals surface area contributed by atoms with Crippen LogP contribution in [0.15, 0.2) is 30.6 Å². The van der Waals surface area contributed by atoms with Gasteiger partial charge in [-0.3, -0.25) is 0 Å². The molecule has 0 fully saturated rings. The Morgan fingerprint density at radius 1 is 1.33 bits per heavy atom. The third kappa shape index (κ3) is 3.13. The smallest absolute Gasteiger partial charge is 0.133 e. The van der Waals surface area contributed by atoms with E-state index in [0.29, 0.717) is 0 Å². The summed E-state index contributed by atoms with van der Waals surface area (Å²) in [5.41, 5.74) is 1.08. The lowest BCUT2D eigenvalue weighted by Crippen LogP contribution is -2.22. The van der Waals surface area contributed by atoms with Crippen molar-refractivity contribution in [2.24, 2.45) is 7.05 Å². The van der Waals surface area contributed by atoms with Gasteiger partial charge in [0.1, 0.15) is 18.0 Å². The van der Waals surface area contributed by atoms with Gasteiger partial charge in [0.05, 0.1) is 0 Å². The van der Waals surface area contributed by atoms with Gasteiger partial charge in [-0.2, -0.15) is 0 Å². The minimum absolute atomic E-state index is 0.193. The molecule has 0 aliphatic rings. The van der Waals surface area contributed by atoms with Crippen molar-refractivity contribution in [1.29, 1.82) is 0 Å². The minimum Gasteiger partial charge on any atom is -0.321 e. The molecule has 0 aliphatic heterocycles. The lowest BCUT2D eigenvalue weighted by molar-refractivity contribution is 0.562. The molecule has 1 unspecified atom stereocenters. The number of aryl methyl sites for hydroxylation is 1. The normalized spacial score (nSPS) is 12.6. The van der Waals surface area contributed by atoms with E-state index >= 15 is 0 Å². The van der Waals surface area contributed by atoms with Gasteiger partial charge in [-0.05, 0) is 24.6 Å². The highest BCUT2D eigenvalue weighted by Gasteiger charge is 2.06. The zero-order chi connectivity index (χ0) is 13.0. The van der Waals surface area contributed by atoms with Crippen molar-refractivity contribution in [2.75, 3.05) is 6.54 Å². The third-order valence-corrected chi connectivity index (χ3v) is 2.97. The van der Waals surface area contributed by atoms with E-state index in [1.807, 2.05) is 11.6 Å². The Morgan fingerprint density at radius 2 is 2.06 bits per heavy atom. The highest BCUT2D eigenvalue weighted by Crippen LogP contribution is 2.12. The predicted octanol–water partition coefficient (Wildman–Crippen LogP) is 1.85. The van der Waals surface area contributed by atoms with Gasteiger partial charge in [0.25, 0.3) is 0 Å². The summed E-state index contributed by atoms with van der Waals surface area (Å²) in [4.78, 5) is 0. The van der Waals surface area contributed by atoms with E-state index in [-0.39, 0.29) is 11.9 Å². The molecule has 96 valence electrons. The Morgan fingerprint density at radius 3 is 2.67 bits per heavy atom. The summed E-state index contributed by atoms with van der Waals surface area (Å²) in [6.07, 6.45) is 2.51. The van der Waals surface area contributed by atoms with Gasteiger partial charge in [0, 0.05) is 26.1 Å². The van der Waals surface area contributed by atoms with Crippen LogP contribution < -0.4 is 5.32 Å². The van der Waals surface area contributed by atoms with Gasteiger partial charge in [0.2, 0.25) is 0 Å². The van der Waals surface area contributed by atoms with Gasteiger partial charge in [-0.1, -0.05) is 12.1 Å². The second-order valence-corrected chi connectivity index (χ2v) is 4.34. The Labute approximate surface area is 106 Å². The van der Waals surface area contributed by atoms with Crippen LogP contribution in [0.1, 0.15) is 24.4 Å². The molecule has 1 heterocycles. The quantitative estimate of drug-likeness (QED) is 0.878. The molecule has 18 heavy (non-hydrogen) atoms. The fourth-order valence-corrected chi connectivity index (χ4v) is 1.80. The van der Waals surface area contributed by atoms with Crippen LogP contribution >= 0.6 is 0 Å². The number of nitrogens with one attached hydrogen (secondary N) is 1. The van der Waals surface area contributed by atoms with Crippen molar-refractivity contribution in [3.63, 3.8) is 0 Å². The van der Waals surface area contributed by atoms with E-state index in [2.05, 4.69) is 22.4 Å². The Balaban J connectivity index is 1.83. The molecule has 0 amide bonds. The van der Waals surface area contributed by atoms with Crippen molar-refractivity contribution >= 4 is 0 Å². The summed E-state index contributed by atoms with van der Waals surface area (Å²) >= 11 is 0. The fraction of sp³-hybridized carbons (Fsp3) is 0.385. The van der Waals surface area contributed by atoms with Crippen LogP contribution in [0.3, 0.4) is 0 Å². The predicted molar refractivity (Wildman–Crippen MR) is 67.5 cm³/mol. The number of aromatic nitrogens is 3. The molecule has 5 heteroatoms. The van der Waals surface area contributed by atoms with Crippen molar-refractivity contribution in [1.82, 2.24) is 20.1 Å². The van der Waals surface area contributed by atoms with Crippen molar-refractivity contribution < 1.29 is 4.39 Å². The Bertz CT molecular complexity index is 492. The average Bonchev–Trinajstić information content (AvgIpc) is 2.76. The first kappa shape index (κ1) is 12.7. The third-order valence-electron chi connectivity index (χ3n) is 2.97. The SMILES string of the molecule is CC(NCCc1nncn1C)c1ccc(F)cc1. The second-order valence-electron chi connectivity index (χ2n) is 4.34. The van der Waals surface area contributed by atoms with Crippen LogP contribution in [0.25, 0.3) is 0 Å². The number of rotatable bonds is 5. The van der Waals surface area contributed by atoms with Crippen LogP contribution in [0.4, 0.5) is 4.39 Å². The van der Waals surface area contributed by atoms with Crippen LogP contribution in [-0.4, -0.2) is 21.3 Å². The van der Waals surface area contributed by atoms with E-state index in [1.54, 1.807) is 18.5 Å². The van der Waals surface area contributed by atoms with Gasteiger partial charge >= 0.3 is 0 Å². The largest absolute Gasteiger partial charge is 0.321 e. The molecule has 1 aromatic heterocycles. The van der Waals surface area contributed by atoms with E-state index in [0.717, 1.165) is 24.4 Å². The maximum absolute atomic E-state index is 12.8. The second kappa shape index (κ2) is 5.73. The lowest BCUT2D eigenvalue weighted by atomic mass is 10.1. The molecule has 0 spiro atoms. The molecule has 2 aromatic rings. The summed E-state index contributed by atoms with van der Waals surface area (Å²) < 4.78 is 14.7. The lowest BCUT2D eigenvalue weighted by Gasteiger charge is -2.13. The molecule has 0 saturated heterocycles. The van der Waals surface area contributed by atoms with Crippen LogP contribution in [0.2, 0.25) is 0 Å². The first-order valence-electron chi connectivity index (χ1n) is 5.98. The standard InChI is InChI=1S/C13H17FN4/c1-10(11-3-5-12(14)6-4-11)15-8-7-13-17-16-9-18(13)2/h3-6,9-10,15H,7-8H2,1-2H3. The maximum atomic E-state index is 12.8. The molecular weight excluding hydrogens is 231 g/mol. The van der Waals surface area contributed by atoms with E-state index < -0.39 is 0 Å². The van der Waals surface area contributed by atoms with Gasteiger partial charge in [-0.15, -0.1) is 10.2 Å².